The summed E-state index contributed by atoms with van der Waals surface area (Å²) in [5, 5.41) is 12.2. The van der Waals surface area contributed by atoms with E-state index in [1.54, 1.807) is 12.3 Å². The summed E-state index contributed by atoms with van der Waals surface area (Å²) in [6.07, 6.45) is 3.72. The molecule has 1 aliphatic heterocycles. The van der Waals surface area contributed by atoms with Gasteiger partial charge in [0.2, 0.25) is 0 Å². The Hall–Kier alpha value is -1.79. The lowest BCUT2D eigenvalue weighted by Crippen LogP contribution is -2.47. The summed E-state index contributed by atoms with van der Waals surface area (Å²) in [6.45, 7) is 2.99. The van der Waals surface area contributed by atoms with Crippen molar-refractivity contribution in [3.8, 4) is 0 Å². The molecule has 0 unspecified atom stereocenters. The molecule has 138 valence electrons. The Balaban J connectivity index is 1.86. The number of aliphatic hydroxyl groups excluding tert-OH is 1. The fourth-order valence-corrected chi connectivity index (χ4v) is 4.77. The second kappa shape index (κ2) is 7.32. The van der Waals surface area contributed by atoms with Crippen molar-refractivity contribution < 1.29 is 9.67 Å². The van der Waals surface area contributed by atoms with E-state index in [0.29, 0.717) is 27.6 Å². The minimum absolute atomic E-state index is 0.173. The topological polar surface area (TPSA) is 40.2 Å². The van der Waals surface area contributed by atoms with Gasteiger partial charge in [-0.2, -0.15) is 4.90 Å². The molecule has 0 fully saturated rings. The number of hydrogen-bond donors (Lipinski definition) is 1. The van der Waals surface area contributed by atoms with Gasteiger partial charge in [0.25, 0.3) is 11.7 Å². The molecule has 0 saturated carbocycles. The van der Waals surface area contributed by atoms with E-state index in [4.69, 9.17) is 34.8 Å². The van der Waals surface area contributed by atoms with Crippen molar-refractivity contribution in [2.24, 2.45) is 0 Å². The molecular formula is C19H15Cl3N3OS+. The van der Waals surface area contributed by atoms with Gasteiger partial charge < -0.3 is 5.11 Å². The lowest BCUT2D eigenvalue weighted by atomic mass is 10.0. The van der Waals surface area contributed by atoms with E-state index in [0.717, 1.165) is 27.4 Å². The molecule has 2 aromatic heterocycles. The van der Waals surface area contributed by atoms with Crippen molar-refractivity contribution in [1.82, 2.24) is 4.98 Å². The third kappa shape index (κ3) is 3.65. The SMILES string of the molecule is Cc1ccc[n+]2c1N(Cc1cnc(Cl)s1)C(O)=C(c1cc(Cl)cc(Cl)c1)C2. The first-order valence-electron chi connectivity index (χ1n) is 8.18. The number of benzene rings is 1. The van der Waals surface area contributed by atoms with E-state index in [9.17, 15) is 5.11 Å². The number of rotatable bonds is 3. The summed E-state index contributed by atoms with van der Waals surface area (Å²) in [5.74, 6) is 1.10. The summed E-state index contributed by atoms with van der Waals surface area (Å²) in [6, 6.07) is 9.30. The molecule has 0 atom stereocenters. The van der Waals surface area contributed by atoms with E-state index >= 15 is 0 Å². The highest BCUT2D eigenvalue weighted by atomic mass is 35.5. The standard InChI is InChI=1S/C19H14Cl3N3OS/c1-11-3-2-4-24-10-16(12-5-13(20)7-14(21)6-12)18(26)25(17(11)24)9-15-8-23-19(22)27-15/h2-8H,9-10H2,1H3/p+1. The number of aryl methyl sites for hydroxylation is 1. The fourth-order valence-electron chi connectivity index (χ4n) is 3.27. The fraction of sp³-hybridized carbons (Fsp3) is 0.158. The van der Waals surface area contributed by atoms with Crippen LogP contribution in [0.15, 0.2) is 48.6 Å². The predicted octanol–water partition coefficient (Wildman–Crippen LogP) is 5.65. The average Bonchev–Trinajstić information content (AvgIpc) is 3.01. The molecule has 0 spiro atoms. The van der Waals surface area contributed by atoms with Gasteiger partial charge in [-0.25, -0.2) is 9.55 Å². The Morgan fingerprint density at radius 2 is 1.96 bits per heavy atom. The molecule has 4 rings (SSSR count). The van der Waals surface area contributed by atoms with Crippen molar-refractivity contribution in [2.45, 2.75) is 20.0 Å². The zero-order chi connectivity index (χ0) is 19.1. The zero-order valence-electron chi connectivity index (χ0n) is 14.3. The molecule has 0 radical (unpaired) electrons. The van der Waals surface area contributed by atoms with Gasteiger partial charge >= 0.3 is 0 Å². The number of aliphatic hydroxyl groups is 1. The number of anilines is 1. The molecule has 27 heavy (non-hydrogen) atoms. The van der Waals surface area contributed by atoms with Crippen LogP contribution in [0.1, 0.15) is 16.0 Å². The highest BCUT2D eigenvalue weighted by Crippen LogP contribution is 2.34. The Bertz CT molecular complexity index is 1040. The van der Waals surface area contributed by atoms with E-state index in [1.807, 2.05) is 42.3 Å². The number of aromatic nitrogens is 2. The summed E-state index contributed by atoms with van der Waals surface area (Å²) in [5.41, 5.74) is 2.60. The van der Waals surface area contributed by atoms with Gasteiger partial charge in [-0.05, 0) is 42.8 Å². The second-order valence-electron chi connectivity index (χ2n) is 6.27. The average molecular weight is 440 g/mol. The van der Waals surface area contributed by atoms with Crippen molar-refractivity contribution in [1.29, 1.82) is 0 Å². The first-order chi connectivity index (χ1) is 12.9. The number of halogens is 3. The van der Waals surface area contributed by atoms with E-state index in [-0.39, 0.29) is 5.88 Å². The van der Waals surface area contributed by atoms with Gasteiger partial charge in [0.05, 0.1) is 16.6 Å². The van der Waals surface area contributed by atoms with Gasteiger partial charge in [-0.1, -0.05) is 34.8 Å². The highest BCUT2D eigenvalue weighted by molar-refractivity contribution is 7.15. The van der Waals surface area contributed by atoms with Crippen LogP contribution >= 0.6 is 46.1 Å². The summed E-state index contributed by atoms with van der Waals surface area (Å²) >= 11 is 19.7. The Labute approximate surface area is 175 Å². The van der Waals surface area contributed by atoms with Crippen molar-refractivity contribution in [2.75, 3.05) is 4.90 Å². The minimum Gasteiger partial charge on any atom is -0.477 e. The van der Waals surface area contributed by atoms with Crippen LogP contribution in [-0.2, 0) is 13.1 Å². The molecule has 0 bridgehead atoms. The first kappa shape index (κ1) is 18.6. The van der Waals surface area contributed by atoms with Crippen LogP contribution in [0.5, 0.6) is 0 Å². The Morgan fingerprint density at radius 1 is 1.22 bits per heavy atom. The van der Waals surface area contributed by atoms with Gasteiger partial charge in [0.15, 0.2) is 4.47 Å². The number of hydrogen-bond acceptors (Lipinski definition) is 4. The van der Waals surface area contributed by atoms with Crippen molar-refractivity contribution in [3.05, 3.63) is 79.1 Å². The molecule has 0 amide bonds. The molecule has 1 N–H and O–H groups in total. The predicted molar refractivity (Wildman–Crippen MR) is 111 cm³/mol. The molecule has 4 nitrogen and oxygen atoms in total. The summed E-state index contributed by atoms with van der Waals surface area (Å²) in [7, 11) is 0. The highest BCUT2D eigenvalue weighted by Gasteiger charge is 2.35. The molecule has 0 aliphatic carbocycles. The van der Waals surface area contributed by atoms with E-state index in [2.05, 4.69) is 9.55 Å². The second-order valence-corrected chi connectivity index (χ2v) is 8.84. The van der Waals surface area contributed by atoms with Gasteiger partial charge in [0.1, 0.15) is 13.1 Å². The van der Waals surface area contributed by atoms with Crippen LogP contribution in [0.25, 0.3) is 5.57 Å². The number of fused-ring (bicyclic) bond motifs is 1. The molecule has 0 saturated heterocycles. The van der Waals surface area contributed by atoms with Crippen LogP contribution in [0.4, 0.5) is 5.82 Å². The molecule has 3 heterocycles. The Morgan fingerprint density at radius 3 is 2.63 bits per heavy atom. The maximum Gasteiger partial charge on any atom is 0.290 e. The van der Waals surface area contributed by atoms with Gasteiger partial charge in [-0.3, -0.25) is 0 Å². The van der Waals surface area contributed by atoms with Gasteiger partial charge in [-0.15, -0.1) is 11.3 Å². The molecule has 8 heteroatoms. The van der Waals surface area contributed by atoms with Crippen LogP contribution in [0.3, 0.4) is 0 Å². The van der Waals surface area contributed by atoms with E-state index < -0.39 is 0 Å². The molecule has 3 aromatic rings. The van der Waals surface area contributed by atoms with Gasteiger partial charge in [0, 0.05) is 21.8 Å². The lowest BCUT2D eigenvalue weighted by Gasteiger charge is -2.26. The number of allylic oxidation sites excluding steroid dienone is 1. The molecule has 1 aromatic carbocycles. The van der Waals surface area contributed by atoms with Crippen molar-refractivity contribution in [3.63, 3.8) is 0 Å². The molecular weight excluding hydrogens is 425 g/mol. The number of pyridine rings is 1. The number of nitrogens with zero attached hydrogens (tertiary/aromatic N) is 3. The first-order valence-corrected chi connectivity index (χ1v) is 10.1. The minimum atomic E-state index is 0.173. The smallest absolute Gasteiger partial charge is 0.290 e. The Kier molecular flexibility index (Phi) is 5.03. The lowest BCUT2D eigenvalue weighted by molar-refractivity contribution is -0.673. The van der Waals surface area contributed by atoms with Crippen LogP contribution in [-0.4, -0.2) is 10.1 Å². The third-order valence-electron chi connectivity index (χ3n) is 4.40. The van der Waals surface area contributed by atoms with Crippen LogP contribution < -0.4 is 9.47 Å². The van der Waals surface area contributed by atoms with E-state index in [1.165, 1.54) is 11.3 Å². The monoisotopic (exact) mass is 438 g/mol. The number of thiazole rings is 1. The summed E-state index contributed by atoms with van der Waals surface area (Å²) in [4.78, 5) is 6.92. The largest absolute Gasteiger partial charge is 0.477 e. The van der Waals surface area contributed by atoms with Crippen LogP contribution in [0, 0.1) is 6.92 Å². The maximum absolute atomic E-state index is 11.2. The maximum atomic E-state index is 11.2. The zero-order valence-corrected chi connectivity index (χ0v) is 17.4. The van der Waals surface area contributed by atoms with Crippen molar-refractivity contribution >= 4 is 57.5 Å². The summed E-state index contributed by atoms with van der Waals surface area (Å²) < 4.78 is 2.58. The normalized spacial score (nSPS) is 13.9. The molecule has 1 aliphatic rings. The quantitative estimate of drug-likeness (QED) is 0.536. The van der Waals surface area contributed by atoms with Crippen LogP contribution in [0.2, 0.25) is 14.5 Å². The third-order valence-corrected chi connectivity index (χ3v) is 5.93.